The van der Waals surface area contributed by atoms with Gasteiger partial charge in [-0.05, 0) is 6.42 Å². The van der Waals surface area contributed by atoms with E-state index in [9.17, 15) is 13.5 Å². The summed E-state index contributed by atoms with van der Waals surface area (Å²) in [5, 5.41) is 9.83. The highest BCUT2D eigenvalue weighted by Gasteiger charge is 2.47. The minimum Gasteiger partial charge on any atom is -1.00 e. The highest BCUT2D eigenvalue weighted by molar-refractivity contribution is 7.91. The first-order chi connectivity index (χ1) is 8.93. The van der Waals surface area contributed by atoms with Crippen LogP contribution in [-0.2, 0) is 14.6 Å². The van der Waals surface area contributed by atoms with Gasteiger partial charge in [-0.3, -0.25) is 0 Å². The summed E-state index contributed by atoms with van der Waals surface area (Å²) < 4.78 is 30.0. The van der Waals surface area contributed by atoms with E-state index >= 15 is 0 Å². The van der Waals surface area contributed by atoms with Crippen molar-refractivity contribution in [2.45, 2.75) is 37.4 Å². The number of hydrogen-bond acceptors (Lipinski definition) is 4. The summed E-state index contributed by atoms with van der Waals surface area (Å²) in [4.78, 5) is 0. The highest BCUT2D eigenvalue weighted by Crippen LogP contribution is 2.38. The van der Waals surface area contributed by atoms with Crippen LogP contribution < -0.4 is 12.4 Å². The molecule has 0 saturated carbocycles. The fourth-order valence-electron chi connectivity index (χ4n) is 3.80. The van der Waals surface area contributed by atoms with Gasteiger partial charge in [0.05, 0.1) is 49.4 Å². The number of hydrogen-bond donors (Lipinski definition) is 1. The topological polar surface area (TPSA) is 63.6 Å². The molecule has 0 aromatic heterocycles. The third-order valence-electron chi connectivity index (χ3n) is 5.30. The zero-order chi connectivity index (χ0) is 13.6. The maximum Gasteiger partial charge on any atom is 0.161 e. The van der Waals surface area contributed by atoms with Gasteiger partial charge < -0.3 is 26.7 Å². The van der Waals surface area contributed by atoms with Crippen LogP contribution in [0, 0.1) is 0 Å². The Morgan fingerprint density at radius 2 is 1.70 bits per heavy atom. The number of piperidine rings is 1. The molecule has 3 aliphatic rings. The third-order valence-corrected chi connectivity index (χ3v) is 6.91. The van der Waals surface area contributed by atoms with Gasteiger partial charge in [0.25, 0.3) is 0 Å². The van der Waals surface area contributed by atoms with Crippen molar-refractivity contribution < 1.29 is 35.2 Å². The van der Waals surface area contributed by atoms with Crippen molar-refractivity contribution in [2.75, 3.05) is 44.3 Å². The van der Waals surface area contributed by atoms with Gasteiger partial charge in [0, 0.05) is 25.9 Å². The van der Waals surface area contributed by atoms with Gasteiger partial charge in [-0.15, -0.1) is 0 Å². The molecular formula is C13H24ClNO4S. The van der Waals surface area contributed by atoms with E-state index in [0.717, 1.165) is 56.3 Å². The SMILES string of the molecule is O=S1(=O)CC[N+]2(CCC3(CC2)CC(O)CCO3)CC1.[Cl-]. The Balaban J connectivity index is 0.00000147. The number of quaternary nitrogens is 1. The second-order valence-corrected chi connectivity index (χ2v) is 8.87. The van der Waals surface area contributed by atoms with Crippen LogP contribution >= 0.6 is 0 Å². The average Bonchev–Trinajstić information content (AvgIpc) is 2.37. The van der Waals surface area contributed by atoms with Crippen LogP contribution in [-0.4, -0.2) is 74.0 Å². The number of ether oxygens (including phenoxy) is 1. The van der Waals surface area contributed by atoms with E-state index in [1.165, 1.54) is 0 Å². The van der Waals surface area contributed by atoms with Gasteiger partial charge in [0.2, 0.25) is 0 Å². The molecule has 0 aromatic carbocycles. The fraction of sp³-hybridized carbons (Fsp3) is 1.00. The zero-order valence-corrected chi connectivity index (χ0v) is 13.3. The van der Waals surface area contributed by atoms with Crippen LogP contribution in [0.2, 0.25) is 0 Å². The lowest BCUT2D eigenvalue weighted by atomic mass is 9.82. The molecule has 0 aromatic rings. The Bertz CT molecular complexity index is 429. The molecule has 118 valence electrons. The summed E-state index contributed by atoms with van der Waals surface area (Å²) in [6.07, 6.45) is 3.21. The van der Waals surface area contributed by atoms with Crippen molar-refractivity contribution in [3.05, 3.63) is 0 Å². The maximum atomic E-state index is 11.5. The van der Waals surface area contributed by atoms with Gasteiger partial charge in [-0.1, -0.05) is 0 Å². The minimum atomic E-state index is -2.79. The Kier molecular flexibility index (Phi) is 4.72. The summed E-state index contributed by atoms with van der Waals surface area (Å²) in [5.74, 6) is 0.674. The first-order valence-corrected chi connectivity index (χ1v) is 9.13. The van der Waals surface area contributed by atoms with E-state index in [1.807, 2.05) is 0 Å². The number of aliphatic hydroxyl groups is 1. The van der Waals surface area contributed by atoms with Crippen molar-refractivity contribution in [3.63, 3.8) is 0 Å². The number of aliphatic hydroxyl groups excluding tert-OH is 1. The molecule has 1 atom stereocenters. The van der Waals surface area contributed by atoms with Crippen molar-refractivity contribution in [2.24, 2.45) is 0 Å². The third kappa shape index (κ3) is 3.30. The molecule has 5 nitrogen and oxygen atoms in total. The Morgan fingerprint density at radius 1 is 1.10 bits per heavy atom. The molecule has 1 unspecified atom stereocenters. The molecule has 2 spiro atoms. The number of nitrogens with zero attached hydrogens (tertiary/aromatic N) is 1. The summed E-state index contributed by atoms with van der Waals surface area (Å²) >= 11 is 0. The Morgan fingerprint density at radius 3 is 2.25 bits per heavy atom. The van der Waals surface area contributed by atoms with Gasteiger partial charge in [0.15, 0.2) is 9.84 Å². The van der Waals surface area contributed by atoms with Crippen LogP contribution in [0.4, 0.5) is 0 Å². The molecule has 20 heavy (non-hydrogen) atoms. The van der Waals surface area contributed by atoms with Gasteiger partial charge in [-0.25, -0.2) is 8.42 Å². The monoisotopic (exact) mass is 325 g/mol. The Hall–Kier alpha value is 0.120. The smallest absolute Gasteiger partial charge is 0.161 e. The second kappa shape index (κ2) is 5.72. The van der Waals surface area contributed by atoms with E-state index < -0.39 is 9.84 Å². The first-order valence-electron chi connectivity index (χ1n) is 7.30. The predicted octanol–water partition coefficient (Wildman–Crippen LogP) is -3.06. The standard InChI is InChI=1S/C13H24NO4S.ClH/c15-12-1-8-18-13(11-12)2-4-14(5-3-13)6-9-19(16,17)10-7-14;/h12,15H,1-11H2;1H/q+1;/p-1. The van der Waals surface area contributed by atoms with Crippen LogP contribution in [0.1, 0.15) is 25.7 Å². The molecule has 0 bridgehead atoms. The lowest BCUT2D eigenvalue weighted by molar-refractivity contribution is -0.931. The lowest BCUT2D eigenvalue weighted by Gasteiger charge is -2.51. The highest BCUT2D eigenvalue weighted by atomic mass is 35.5. The largest absolute Gasteiger partial charge is 1.00 e. The summed E-state index contributed by atoms with van der Waals surface area (Å²) in [7, 11) is -2.79. The van der Waals surface area contributed by atoms with Crippen LogP contribution in [0.3, 0.4) is 0 Å². The molecule has 7 heteroatoms. The van der Waals surface area contributed by atoms with Crippen molar-refractivity contribution in [3.8, 4) is 0 Å². The second-order valence-electron chi connectivity index (χ2n) is 6.57. The van der Waals surface area contributed by atoms with E-state index in [4.69, 9.17) is 4.74 Å². The number of rotatable bonds is 0. The molecular weight excluding hydrogens is 302 g/mol. The van der Waals surface area contributed by atoms with E-state index in [2.05, 4.69) is 0 Å². The quantitative estimate of drug-likeness (QED) is 0.480. The molecule has 3 heterocycles. The fourth-order valence-corrected chi connectivity index (χ4v) is 5.33. The van der Waals surface area contributed by atoms with Crippen LogP contribution in [0.15, 0.2) is 0 Å². The van der Waals surface area contributed by atoms with E-state index in [1.54, 1.807) is 0 Å². The minimum absolute atomic E-state index is 0. The molecule has 1 N–H and O–H groups in total. The summed E-state index contributed by atoms with van der Waals surface area (Å²) in [6, 6.07) is 0. The van der Waals surface area contributed by atoms with Crippen molar-refractivity contribution >= 4 is 9.84 Å². The average molecular weight is 326 g/mol. The molecule has 3 rings (SSSR count). The van der Waals surface area contributed by atoms with E-state index in [-0.39, 0.29) is 24.1 Å². The van der Waals surface area contributed by atoms with E-state index in [0.29, 0.717) is 18.1 Å². The van der Waals surface area contributed by atoms with Gasteiger partial charge in [-0.2, -0.15) is 0 Å². The van der Waals surface area contributed by atoms with Crippen molar-refractivity contribution in [1.82, 2.24) is 0 Å². The molecule has 3 aliphatic heterocycles. The Labute approximate surface area is 127 Å². The number of halogens is 1. The van der Waals surface area contributed by atoms with Crippen LogP contribution in [0.25, 0.3) is 0 Å². The molecule has 0 radical (unpaired) electrons. The van der Waals surface area contributed by atoms with Crippen LogP contribution in [0.5, 0.6) is 0 Å². The van der Waals surface area contributed by atoms with Crippen molar-refractivity contribution in [1.29, 1.82) is 0 Å². The molecule has 3 fully saturated rings. The molecule has 3 saturated heterocycles. The molecule has 0 amide bonds. The normalized spacial score (nSPS) is 34.5. The summed E-state index contributed by atoms with van der Waals surface area (Å²) in [5.41, 5.74) is -0.127. The maximum absolute atomic E-state index is 11.5. The van der Waals surface area contributed by atoms with Gasteiger partial charge in [0.1, 0.15) is 0 Å². The van der Waals surface area contributed by atoms with Gasteiger partial charge >= 0.3 is 0 Å². The first kappa shape index (κ1) is 16.5. The number of sulfone groups is 1. The molecule has 0 aliphatic carbocycles. The lowest BCUT2D eigenvalue weighted by Crippen LogP contribution is -3.00. The predicted molar refractivity (Wildman–Crippen MR) is 71.5 cm³/mol. The zero-order valence-electron chi connectivity index (χ0n) is 11.8. The summed E-state index contributed by atoms with van der Waals surface area (Å²) in [6.45, 7) is 4.20.